The molecule has 0 spiro atoms. The average Bonchev–Trinajstić information content (AvgIpc) is 2.43. The lowest BCUT2D eigenvalue weighted by Crippen LogP contribution is -2.02. The minimum absolute atomic E-state index is 0.140. The van der Waals surface area contributed by atoms with E-state index in [4.69, 9.17) is 5.41 Å². The van der Waals surface area contributed by atoms with Gasteiger partial charge in [0.1, 0.15) is 0 Å². The highest BCUT2D eigenvalue weighted by Gasteiger charge is 1.97. The van der Waals surface area contributed by atoms with Crippen LogP contribution in [0.3, 0.4) is 0 Å². The zero-order chi connectivity index (χ0) is 14.2. The number of hydrogen-bond donors (Lipinski definition) is 1. The molecule has 0 amide bonds. The Kier molecular flexibility index (Phi) is 16.9. The molecule has 110 valence electrons. The zero-order valence-corrected chi connectivity index (χ0v) is 15.0. The van der Waals surface area contributed by atoms with Crippen LogP contribution < -0.4 is 0 Å². The molecule has 0 radical (unpaired) electrons. The van der Waals surface area contributed by atoms with Gasteiger partial charge in [0.2, 0.25) is 0 Å². The van der Waals surface area contributed by atoms with Crippen LogP contribution in [0, 0.1) is 5.41 Å². The van der Waals surface area contributed by atoms with E-state index in [0.717, 1.165) is 10.3 Å². The van der Waals surface area contributed by atoms with Gasteiger partial charge >= 0.3 is 20.4 Å². The Morgan fingerprint density at radius 2 is 1.05 bits per heavy atom. The van der Waals surface area contributed by atoms with Gasteiger partial charge < -0.3 is 5.41 Å². The molecule has 0 unspecified atom stereocenters. The predicted molar refractivity (Wildman–Crippen MR) is 89.7 cm³/mol. The molecule has 0 atom stereocenters. The van der Waals surface area contributed by atoms with Crippen LogP contribution in [-0.4, -0.2) is 24.2 Å². The molecule has 0 bridgehead atoms. The Bertz CT molecular complexity index is 192. The first-order chi connectivity index (χ1) is 9.31. The fraction of sp³-hybridized carbons (Fsp3) is 0.941. The highest BCUT2D eigenvalue weighted by atomic mass is 24.5. The molecule has 0 saturated carbocycles. The first-order valence-corrected chi connectivity index (χ1v) is 11.0. The van der Waals surface area contributed by atoms with Crippen LogP contribution in [0.2, 0.25) is 5.05 Å². The van der Waals surface area contributed by atoms with Gasteiger partial charge in [-0.25, -0.2) is 0 Å². The van der Waals surface area contributed by atoms with Gasteiger partial charge in [0.05, 0.1) is 0 Å². The quantitative estimate of drug-likeness (QED) is 0.209. The maximum atomic E-state index is 7.65. The Hall–Kier alpha value is 0.436. The molecule has 0 aliphatic rings. The fourth-order valence-corrected chi connectivity index (χ4v) is 3.14. The van der Waals surface area contributed by atoms with E-state index in [0.29, 0.717) is 0 Å². The maximum Gasteiger partial charge on any atom is 0.427 e. The molecule has 1 N–H and O–H groups in total. The summed E-state index contributed by atoms with van der Waals surface area (Å²) in [5.41, 5.74) is 0. The second-order valence-corrected chi connectivity index (χ2v) is 7.51. The van der Waals surface area contributed by atoms with Crippen molar-refractivity contribution in [2.75, 3.05) is 0 Å². The molecule has 0 aromatic carbocycles. The van der Waals surface area contributed by atoms with Crippen LogP contribution in [0.4, 0.5) is 0 Å². The van der Waals surface area contributed by atoms with Crippen LogP contribution in [0.1, 0.15) is 96.8 Å². The summed E-state index contributed by atoms with van der Waals surface area (Å²) in [6, 6.07) is 0. The van der Waals surface area contributed by atoms with Crippen molar-refractivity contribution in [3.05, 3.63) is 0 Å². The van der Waals surface area contributed by atoms with E-state index in [9.17, 15) is 0 Å². The van der Waals surface area contributed by atoms with Gasteiger partial charge in [-0.1, -0.05) is 90.4 Å². The summed E-state index contributed by atoms with van der Waals surface area (Å²) in [7, 11) is 0. The van der Waals surface area contributed by atoms with Crippen molar-refractivity contribution in [1.29, 1.82) is 5.41 Å². The third kappa shape index (κ3) is 16.4. The van der Waals surface area contributed by atoms with Crippen molar-refractivity contribution < 1.29 is 0 Å². The standard InChI is InChI=1S/C16H32N.CH3.Mg/c1-2-3-4-5-6-7-8-9-10-11-12-13-14-15-16-17;;/h17H,2-15H2,1H3;1H3;. The van der Waals surface area contributed by atoms with Gasteiger partial charge in [-0.15, -0.1) is 8.89 Å². The largest absolute Gasteiger partial charge is 0.427 e. The topological polar surface area (TPSA) is 23.9 Å². The Labute approximate surface area is 131 Å². The normalized spacial score (nSPS) is 10.4. The molecule has 1 nitrogen and oxygen atoms in total. The SMILES string of the molecule is CCCCCCCCCCCCCCC[C](=N)[Mg][CH3]. The number of rotatable bonds is 15. The van der Waals surface area contributed by atoms with Crippen molar-refractivity contribution in [3.8, 4) is 0 Å². The summed E-state index contributed by atoms with van der Waals surface area (Å²) < 4.78 is 1.07. The molecular formula is C17H35MgN. The summed E-state index contributed by atoms with van der Waals surface area (Å²) in [4.78, 5) is 0. The molecule has 0 rings (SSSR count). The smallest absolute Gasteiger partial charge is 0.342 e. The average molecular weight is 278 g/mol. The van der Waals surface area contributed by atoms with E-state index >= 15 is 0 Å². The molecule has 0 aromatic heterocycles. The first-order valence-electron chi connectivity index (χ1n) is 8.87. The molecule has 0 heterocycles. The Morgan fingerprint density at radius 3 is 1.42 bits per heavy atom. The van der Waals surface area contributed by atoms with Crippen LogP contribution in [0.5, 0.6) is 0 Å². The second kappa shape index (κ2) is 16.5. The highest BCUT2D eigenvalue weighted by Crippen LogP contribution is 2.12. The minimum atomic E-state index is -0.140. The van der Waals surface area contributed by atoms with Crippen molar-refractivity contribution in [2.24, 2.45) is 0 Å². The van der Waals surface area contributed by atoms with E-state index < -0.39 is 0 Å². The predicted octanol–water partition coefficient (Wildman–Crippen LogP) is 6.20. The molecule has 0 fully saturated rings. The van der Waals surface area contributed by atoms with E-state index in [1.165, 1.54) is 83.5 Å². The Morgan fingerprint density at radius 1 is 0.684 bits per heavy atom. The van der Waals surface area contributed by atoms with Gasteiger partial charge in [0.25, 0.3) is 0 Å². The number of nitrogens with one attached hydrogen (secondary N) is 1. The van der Waals surface area contributed by atoms with Gasteiger partial charge in [-0.05, 0) is 6.42 Å². The van der Waals surface area contributed by atoms with E-state index in [2.05, 4.69) is 12.0 Å². The molecule has 19 heavy (non-hydrogen) atoms. The molecule has 0 aromatic rings. The summed E-state index contributed by atoms with van der Waals surface area (Å²) in [6.07, 6.45) is 19.5. The third-order valence-corrected chi connectivity index (χ3v) is 5.22. The molecule has 0 aliphatic carbocycles. The van der Waals surface area contributed by atoms with Crippen molar-refractivity contribution >= 4 is 24.2 Å². The molecular weight excluding hydrogens is 242 g/mol. The van der Waals surface area contributed by atoms with E-state index in [1.54, 1.807) is 0 Å². The summed E-state index contributed by atoms with van der Waals surface area (Å²) in [5.74, 6) is 0. The molecule has 2 heteroatoms. The second-order valence-electron chi connectivity index (χ2n) is 5.95. The molecule has 0 saturated heterocycles. The highest BCUT2D eigenvalue weighted by molar-refractivity contribution is 6.73. The van der Waals surface area contributed by atoms with Crippen LogP contribution in [0.25, 0.3) is 0 Å². The van der Waals surface area contributed by atoms with Crippen molar-refractivity contribution in [3.63, 3.8) is 0 Å². The van der Waals surface area contributed by atoms with Crippen LogP contribution in [0.15, 0.2) is 0 Å². The monoisotopic (exact) mass is 277 g/mol. The van der Waals surface area contributed by atoms with E-state index in [-0.39, 0.29) is 20.4 Å². The summed E-state index contributed by atoms with van der Waals surface area (Å²) >= 11 is -0.140. The van der Waals surface area contributed by atoms with Gasteiger partial charge in [-0.3, -0.25) is 0 Å². The lowest BCUT2D eigenvalue weighted by molar-refractivity contribution is 0.541. The summed E-state index contributed by atoms with van der Waals surface area (Å²) in [5, 5.41) is 9.88. The van der Waals surface area contributed by atoms with Crippen molar-refractivity contribution in [2.45, 2.75) is 102 Å². The summed E-state index contributed by atoms with van der Waals surface area (Å²) in [6.45, 7) is 2.28. The lowest BCUT2D eigenvalue weighted by Gasteiger charge is -2.03. The fourth-order valence-electron chi connectivity index (χ4n) is 2.53. The lowest BCUT2D eigenvalue weighted by atomic mass is 10.0. The van der Waals surface area contributed by atoms with Gasteiger partial charge in [-0.2, -0.15) is 0 Å². The van der Waals surface area contributed by atoms with Crippen LogP contribution >= 0.6 is 0 Å². The van der Waals surface area contributed by atoms with Gasteiger partial charge in [0, 0.05) is 0 Å². The Balaban J connectivity index is 2.97. The first kappa shape index (κ1) is 19.4. The number of unbranched alkanes of at least 4 members (excludes halogenated alkanes) is 12. The molecule has 0 aliphatic heterocycles. The zero-order valence-electron chi connectivity index (χ0n) is 13.6. The van der Waals surface area contributed by atoms with E-state index in [1.807, 2.05) is 0 Å². The number of hydrogen-bond acceptors (Lipinski definition) is 1. The third-order valence-electron chi connectivity index (χ3n) is 4.01. The van der Waals surface area contributed by atoms with Crippen molar-refractivity contribution in [1.82, 2.24) is 0 Å². The van der Waals surface area contributed by atoms with Crippen LogP contribution in [-0.2, 0) is 0 Å². The van der Waals surface area contributed by atoms with Gasteiger partial charge in [0.15, 0.2) is 0 Å². The maximum absolute atomic E-state index is 7.65. The minimum Gasteiger partial charge on any atom is -0.342 e.